The first-order valence-electron chi connectivity index (χ1n) is 19.9. The van der Waals surface area contributed by atoms with Gasteiger partial charge in [-0.25, -0.2) is 0 Å². The first-order chi connectivity index (χ1) is 23.0. The predicted octanol–water partition coefficient (Wildman–Crippen LogP) is 12.6. The molecule has 0 aliphatic heterocycles. The summed E-state index contributed by atoms with van der Waals surface area (Å²) in [5, 5.41) is 4.63. The summed E-state index contributed by atoms with van der Waals surface area (Å²) < 4.78 is 0. The van der Waals surface area contributed by atoms with Crippen molar-refractivity contribution in [2.75, 3.05) is 0 Å². The largest absolute Gasteiger partial charge is 0.158 e. The molecular formula is C50H74Si. The van der Waals surface area contributed by atoms with Crippen molar-refractivity contribution in [2.24, 2.45) is 0 Å². The van der Waals surface area contributed by atoms with Crippen molar-refractivity contribution >= 4 is 23.6 Å². The Morgan fingerprint density at radius 2 is 0.667 bits per heavy atom. The summed E-state index contributed by atoms with van der Waals surface area (Å²) in [6.07, 6.45) is 10.1. The normalized spacial score (nSPS) is 16.5. The Kier molecular flexibility index (Phi) is 11.0. The van der Waals surface area contributed by atoms with Crippen LogP contribution in [0.5, 0.6) is 0 Å². The van der Waals surface area contributed by atoms with Crippen LogP contribution in [0.3, 0.4) is 0 Å². The van der Waals surface area contributed by atoms with Crippen LogP contribution < -0.4 is 15.6 Å². The Balaban J connectivity index is 2.44. The van der Waals surface area contributed by atoms with Gasteiger partial charge in [-0.3, -0.25) is 0 Å². The van der Waals surface area contributed by atoms with E-state index >= 15 is 0 Å². The van der Waals surface area contributed by atoms with Crippen molar-refractivity contribution in [3.63, 3.8) is 0 Å². The van der Waals surface area contributed by atoms with Crippen LogP contribution in [-0.2, 0) is 32.5 Å². The van der Waals surface area contributed by atoms with E-state index in [2.05, 4.69) is 204 Å². The topological polar surface area (TPSA) is 0 Å². The molecule has 0 saturated carbocycles. The summed E-state index contributed by atoms with van der Waals surface area (Å²) in [6.45, 7) is 45.4. The van der Waals surface area contributed by atoms with Crippen LogP contribution in [0.1, 0.15) is 178 Å². The maximum absolute atomic E-state index is 2.89. The third-order valence-electron chi connectivity index (χ3n) is 11.3. The zero-order valence-corrected chi connectivity index (χ0v) is 37.4. The Morgan fingerprint density at radius 3 is 0.882 bits per heavy atom. The molecule has 0 aromatic heterocycles. The van der Waals surface area contributed by atoms with Crippen LogP contribution in [0.15, 0.2) is 78.4 Å². The van der Waals surface area contributed by atoms with Gasteiger partial charge in [-0.15, -0.1) is 0 Å². The number of hydrogen-bond acceptors (Lipinski definition) is 0. The number of allylic oxidation sites excluding steroid dienone is 4. The van der Waals surface area contributed by atoms with E-state index < -0.39 is 8.07 Å². The summed E-state index contributed by atoms with van der Waals surface area (Å²) in [4.78, 5) is 0. The van der Waals surface area contributed by atoms with Crippen LogP contribution >= 0.6 is 0 Å². The summed E-state index contributed by atoms with van der Waals surface area (Å²) in [5.41, 5.74) is 10.5. The van der Waals surface area contributed by atoms with Crippen LogP contribution in [0.2, 0.25) is 5.54 Å². The first kappa shape index (κ1) is 41.1. The van der Waals surface area contributed by atoms with Crippen molar-refractivity contribution in [1.29, 1.82) is 0 Å². The second-order valence-corrected chi connectivity index (χ2v) is 26.1. The molecule has 3 aromatic carbocycles. The van der Waals surface area contributed by atoms with E-state index in [1.54, 1.807) is 15.6 Å². The van der Waals surface area contributed by atoms with Gasteiger partial charge in [0.2, 0.25) is 0 Å². The molecule has 0 heterocycles. The van der Waals surface area contributed by atoms with Crippen LogP contribution in [0.4, 0.5) is 0 Å². The molecule has 278 valence electrons. The highest BCUT2D eigenvalue weighted by molar-refractivity contribution is 7.13. The Hall–Kier alpha value is -2.64. The fraction of sp³-hybridized carbons (Fsp3) is 0.560. The molecule has 0 bridgehead atoms. The lowest BCUT2D eigenvalue weighted by molar-refractivity contribution is 0.569. The number of hydrogen-bond donors (Lipinski definition) is 0. The number of benzene rings is 3. The van der Waals surface area contributed by atoms with E-state index in [4.69, 9.17) is 0 Å². The van der Waals surface area contributed by atoms with Crippen LogP contribution in [0.25, 0.3) is 0 Å². The van der Waals surface area contributed by atoms with E-state index in [1.807, 2.05) is 0 Å². The smallest absolute Gasteiger partial charge is 0.0790 e. The second-order valence-electron chi connectivity index (χ2n) is 22.1. The van der Waals surface area contributed by atoms with Gasteiger partial charge in [0.15, 0.2) is 8.07 Å². The molecule has 1 aliphatic rings. The lowest BCUT2D eigenvalue weighted by Gasteiger charge is -2.42. The zero-order valence-electron chi connectivity index (χ0n) is 36.4. The fourth-order valence-electron chi connectivity index (χ4n) is 7.53. The van der Waals surface area contributed by atoms with Gasteiger partial charge in [0.1, 0.15) is 0 Å². The lowest BCUT2D eigenvalue weighted by Crippen LogP contribution is -2.70. The minimum Gasteiger partial charge on any atom is -0.0790 e. The molecule has 51 heavy (non-hydrogen) atoms. The van der Waals surface area contributed by atoms with Gasteiger partial charge in [0.05, 0.1) is 0 Å². The molecule has 1 unspecified atom stereocenters. The van der Waals surface area contributed by atoms with Gasteiger partial charge >= 0.3 is 0 Å². The van der Waals surface area contributed by atoms with Crippen molar-refractivity contribution in [3.8, 4) is 0 Å². The Morgan fingerprint density at radius 1 is 0.412 bits per heavy atom. The van der Waals surface area contributed by atoms with E-state index in [9.17, 15) is 0 Å². The summed E-state index contributed by atoms with van der Waals surface area (Å²) in [5.74, 6) is 0. The molecule has 1 heteroatoms. The molecule has 3 aromatic rings. The van der Waals surface area contributed by atoms with Crippen molar-refractivity contribution in [3.05, 3.63) is 112 Å². The molecule has 0 amide bonds. The number of rotatable bonds is 6. The predicted molar refractivity (Wildman–Crippen MR) is 232 cm³/mol. The summed E-state index contributed by atoms with van der Waals surface area (Å²) in [6, 6.07) is 23.5. The highest BCUT2D eigenvalue weighted by atomic mass is 28.3. The minimum atomic E-state index is -2.89. The van der Waals surface area contributed by atoms with Gasteiger partial charge in [-0.1, -0.05) is 216 Å². The SMILES string of the molecule is CCCC1=CC([Si](c2cc(C(C)(C)C)cc(C(C)(C)C)c2)(c2cc(C(C)(C)C)cc(C(C)(C)C)c2)c2cc(C(C)(C)C)cc(C(C)(C)C)c2)C=C1. The average molecular weight is 703 g/mol. The third-order valence-corrected chi connectivity index (χ3v) is 16.3. The first-order valence-corrected chi connectivity index (χ1v) is 22.0. The standard InChI is InChI=1S/C50H74Si/c1-20-21-34-22-23-41(24-34)51(42-28-35(45(2,3)4)25-36(29-42)46(5,6)7,43-30-37(47(8,9)10)26-38(31-43)48(11,12)13)44-32-39(49(14,15)16)27-40(33-44)50(17,18)19/h22-33,41H,20-21H2,1-19H3. The molecule has 0 fully saturated rings. The maximum Gasteiger partial charge on any atom is 0.158 e. The van der Waals surface area contributed by atoms with Crippen molar-refractivity contribution in [1.82, 2.24) is 0 Å². The quantitative estimate of drug-likeness (QED) is 0.177. The van der Waals surface area contributed by atoms with E-state index in [0.717, 1.165) is 12.8 Å². The van der Waals surface area contributed by atoms with Crippen LogP contribution in [-0.4, -0.2) is 8.07 Å². The average Bonchev–Trinajstić information content (AvgIpc) is 3.43. The molecule has 0 saturated heterocycles. The maximum atomic E-state index is 2.69. The third kappa shape index (κ3) is 8.78. The zero-order chi connectivity index (χ0) is 38.8. The molecule has 4 rings (SSSR count). The molecule has 0 radical (unpaired) electrons. The summed E-state index contributed by atoms with van der Waals surface area (Å²) >= 11 is 0. The van der Waals surface area contributed by atoms with Crippen molar-refractivity contribution < 1.29 is 0 Å². The monoisotopic (exact) mass is 703 g/mol. The molecule has 1 aliphatic carbocycles. The fourth-order valence-corrected chi connectivity index (χ4v) is 12.8. The molecule has 0 spiro atoms. The highest BCUT2D eigenvalue weighted by Crippen LogP contribution is 2.39. The second kappa shape index (κ2) is 13.6. The van der Waals surface area contributed by atoms with Crippen LogP contribution in [0, 0.1) is 0 Å². The van der Waals surface area contributed by atoms with Gasteiger partial charge in [0.25, 0.3) is 0 Å². The van der Waals surface area contributed by atoms with Gasteiger partial charge < -0.3 is 0 Å². The molecule has 1 atom stereocenters. The Labute approximate surface area is 316 Å². The van der Waals surface area contributed by atoms with E-state index in [-0.39, 0.29) is 38.0 Å². The lowest BCUT2D eigenvalue weighted by atomic mass is 9.80. The summed E-state index contributed by atoms with van der Waals surface area (Å²) in [7, 11) is -2.89. The highest BCUT2D eigenvalue weighted by Gasteiger charge is 2.48. The minimum absolute atomic E-state index is 0.0124. The Bertz CT molecular complexity index is 1500. The van der Waals surface area contributed by atoms with Gasteiger partial charge in [-0.05, 0) is 87.9 Å². The molecular weight excluding hydrogens is 629 g/mol. The molecule has 0 nitrogen and oxygen atoms in total. The van der Waals surface area contributed by atoms with Gasteiger partial charge in [-0.2, -0.15) is 0 Å². The van der Waals surface area contributed by atoms with Crippen molar-refractivity contribution in [2.45, 2.75) is 182 Å². The van der Waals surface area contributed by atoms with Gasteiger partial charge in [0, 0.05) is 5.54 Å². The van der Waals surface area contributed by atoms with E-state index in [0.29, 0.717) is 0 Å². The van der Waals surface area contributed by atoms with E-state index in [1.165, 1.54) is 39.0 Å². The molecule has 0 N–H and O–H groups in total.